The summed E-state index contributed by atoms with van der Waals surface area (Å²) in [6, 6.07) is 5.01. The average molecular weight is 252 g/mol. The van der Waals surface area contributed by atoms with E-state index in [1.807, 2.05) is 0 Å². The van der Waals surface area contributed by atoms with E-state index in [1.54, 1.807) is 46.3 Å². The van der Waals surface area contributed by atoms with Crippen molar-refractivity contribution in [2.24, 2.45) is 11.7 Å². The van der Waals surface area contributed by atoms with Crippen LogP contribution in [0.25, 0.3) is 0 Å². The SMILES string of the molecule is COc1ccc(OC)c(NC(=O)C(C)C(C)N)c1. The van der Waals surface area contributed by atoms with Crippen LogP contribution >= 0.6 is 0 Å². The number of anilines is 1. The van der Waals surface area contributed by atoms with Crippen molar-refractivity contribution in [3.05, 3.63) is 18.2 Å². The van der Waals surface area contributed by atoms with Gasteiger partial charge in [-0.1, -0.05) is 6.92 Å². The molecule has 0 aliphatic carbocycles. The van der Waals surface area contributed by atoms with Crippen molar-refractivity contribution < 1.29 is 14.3 Å². The van der Waals surface area contributed by atoms with E-state index in [4.69, 9.17) is 15.2 Å². The minimum Gasteiger partial charge on any atom is -0.497 e. The Morgan fingerprint density at radius 3 is 2.44 bits per heavy atom. The molecule has 0 aliphatic heterocycles. The molecule has 0 aliphatic rings. The van der Waals surface area contributed by atoms with Crippen molar-refractivity contribution >= 4 is 11.6 Å². The Labute approximate surface area is 107 Å². The van der Waals surface area contributed by atoms with Crippen LogP contribution in [0.3, 0.4) is 0 Å². The van der Waals surface area contributed by atoms with Gasteiger partial charge >= 0.3 is 0 Å². The smallest absolute Gasteiger partial charge is 0.228 e. The molecule has 1 aromatic carbocycles. The second kappa shape index (κ2) is 6.26. The van der Waals surface area contributed by atoms with E-state index < -0.39 is 0 Å². The largest absolute Gasteiger partial charge is 0.497 e. The Balaban J connectivity index is 2.91. The molecule has 0 aromatic heterocycles. The minimum atomic E-state index is -0.277. The molecule has 2 atom stereocenters. The van der Waals surface area contributed by atoms with Crippen LogP contribution < -0.4 is 20.5 Å². The summed E-state index contributed by atoms with van der Waals surface area (Å²) in [6.45, 7) is 3.58. The summed E-state index contributed by atoms with van der Waals surface area (Å²) in [5.41, 5.74) is 6.28. The summed E-state index contributed by atoms with van der Waals surface area (Å²) < 4.78 is 10.3. The lowest BCUT2D eigenvalue weighted by molar-refractivity contribution is -0.119. The van der Waals surface area contributed by atoms with E-state index in [0.717, 1.165) is 0 Å². The van der Waals surface area contributed by atoms with Gasteiger partial charge in [0, 0.05) is 12.1 Å². The molecule has 1 amide bonds. The van der Waals surface area contributed by atoms with Crippen LogP contribution in [0.5, 0.6) is 11.5 Å². The lowest BCUT2D eigenvalue weighted by Crippen LogP contribution is -2.34. The first-order valence-electron chi connectivity index (χ1n) is 5.78. The van der Waals surface area contributed by atoms with Gasteiger partial charge in [0.2, 0.25) is 5.91 Å². The van der Waals surface area contributed by atoms with Crippen LogP contribution in [0.1, 0.15) is 13.8 Å². The zero-order chi connectivity index (χ0) is 13.7. The van der Waals surface area contributed by atoms with Crippen LogP contribution in [-0.2, 0) is 4.79 Å². The van der Waals surface area contributed by atoms with E-state index in [2.05, 4.69) is 5.32 Å². The van der Waals surface area contributed by atoms with Crippen LogP contribution in [-0.4, -0.2) is 26.2 Å². The highest BCUT2D eigenvalue weighted by atomic mass is 16.5. The van der Waals surface area contributed by atoms with Gasteiger partial charge in [0.1, 0.15) is 11.5 Å². The number of rotatable bonds is 5. The molecular formula is C13H20N2O3. The lowest BCUT2D eigenvalue weighted by atomic mass is 10.0. The first-order valence-corrected chi connectivity index (χ1v) is 5.78. The number of carbonyl (C=O) groups is 1. The monoisotopic (exact) mass is 252 g/mol. The molecule has 1 rings (SSSR count). The number of nitrogens with two attached hydrogens (primary N) is 1. The van der Waals surface area contributed by atoms with Gasteiger partial charge in [0.05, 0.1) is 25.8 Å². The van der Waals surface area contributed by atoms with Gasteiger partial charge in [-0.3, -0.25) is 4.79 Å². The normalized spacial score (nSPS) is 13.6. The van der Waals surface area contributed by atoms with E-state index in [9.17, 15) is 4.79 Å². The van der Waals surface area contributed by atoms with Gasteiger partial charge < -0.3 is 20.5 Å². The molecule has 5 nitrogen and oxygen atoms in total. The molecule has 0 fully saturated rings. The molecule has 0 spiro atoms. The van der Waals surface area contributed by atoms with Crippen molar-refractivity contribution in [1.29, 1.82) is 0 Å². The third-order valence-corrected chi connectivity index (χ3v) is 2.87. The summed E-state index contributed by atoms with van der Waals surface area (Å²) >= 11 is 0. The zero-order valence-electron chi connectivity index (χ0n) is 11.2. The molecule has 0 radical (unpaired) electrons. The van der Waals surface area contributed by atoms with Crippen LogP contribution in [0.4, 0.5) is 5.69 Å². The van der Waals surface area contributed by atoms with Gasteiger partial charge in [0.15, 0.2) is 0 Å². The van der Waals surface area contributed by atoms with Gasteiger partial charge in [-0.05, 0) is 19.1 Å². The highest BCUT2D eigenvalue weighted by Crippen LogP contribution is 2.29. The minimum absolute atomic E-state index is 0.142. The summed E-state index contributed by atoms with van der Waals surface area (Å²) in [4.78, 5) is 11.9. The van der Waals surface area contributed by atoms with Gasteiger partial charge in [-0.15, -0.1) is 0 Å². The highest BCUT2D eigenvalue weighted by Gasteiger charge is 2.18. The topological polar surface area (TPSA) is 73.6 Å². The Hall–Kier alpha value is -1.75. The zero-order valence-corrected chi connectivity index (χ0v) is 11.2. The van der Waals surface area contributed by atoms with Crippen molar-refractivity contribution in [3.63, 3.8) is 0 Å². The first-order chi connectivity index (χ1) is 8.49. The molecule has 5 heteroatoms. The molecular weight excluding hydrogens is 232 g/mol. The number of carbonyl (C=O) groups excluding carboxylic acids is 1. The summed E-state index contributed by atoms with van der Waals surface area (Å²) in [7, 11) is 3.12. The second-order valence-corrected chi connectivity index (χ2v) is 4.20. The molecule has 0 heterocycles. The third-order valence-electron chi connectivity index (χ3n) is 2.87. The molecule has 100 valence electrons. The molecule has 1 aromatic rings. The Morgan fingerprint density at radius 2 is 1.94 bits per heavy atom. The molecule has 3 N–H and O–H groups in total. The molecule has 0 saturated heterocycles. The predicted molar refractivity (Wildman–Crippen MR) is 71.0 cm³/mol. The number of benzene rings is 1. The lowest BCUT2D eigenvalue weighted by Gasteiger charge is -2.17. The van der Waals surface area contributed by atoms with Gasteiger partial charge in [-0.2, -0.15) is 0 Å². The number of nitrogens with one attached hydrogen (secondary N) is 1. The second-order valence-electron chi connectivity index (χ2n) is 4.20. The number of hydrogen-bond acceptors (Lipinski definition) is 4. The molecule has 0 saturated carbocycles. The quantitative estimate of drug-likeness (QED) is 0.835. The van der Waals surface area contributed by atoms with Crippen LogP contribution in [0.2, 0.25) is 0 Å². The summed E-state index contributed by atoms with van der Waals surface area (Å²) in [5.74, 6) is 0.818. The molecule has 18 heavy (non-hydrogen) atoms. The van der Waals surface area contributed by atoms with Crippen molar-refractivity contribution in [2.75, 3.05) is 19.5 Å². The van der Waals surface area contributed by atoms with Crippen molar-refractivity contribution in [3.8, 4) is 11.5 Å². The van der Waals surface area contributed by atoms with Gasteiger partial charge in [-0.25, -0.2) is 0 Å². The fourth-order valence-electron chi connectivity index (χ4n) is 1.40. The van der Waals surface area contributed by atoms with E-state index in [0.29, 0.717) is 17.2 Å². The third kappa shape index (κ3) is 3.37. The number of hydrogen-bond donors (Lipinski definition) is 2. The van der Waals surface area contributed by atoms with Crippen molar-refractivity contribution in [1.82, 2.24) is 0 Å². The maximum absolute atomic E-state index is 11.9. The number of ether oxygens (including phenoxy) is 2. The summed E-state index contributed by atoms with van der Waals surface area (Å²) in [5, 5.41) is 2.79. The predicted octanol–water partition coefficient (Wildman–Crippen LogP) is 1.63. The Bertz CT molecular complexity index is 419. The maximum atomic E-state index is 11.9. The number of amides is 1. The van der Waals surface area contributed by atoms with E-state index >= 15 is 0 Å². The fourth-order valence-corrected chi connectivity index (χ4v) is 1.40. The number of methoxy groups -OCH3 is 2. The van der Waals surface area contributed by atoms with E-state index in [1.165, 1.54) is 0 Å². The molecule has 0 bridgehead atoms. The highest BCUT2D eigenvalue weighted by molar-refractivity contribution is 5.94. The average Bonchev–Trinajstić information content (AvgIpc) is 2.37. The van der Waals surface area contributed by atoms with Crippen molar-refractivity contribution in [2.45, 2.75) is 19.9 Å². The van der Waals surface area contributed by atoms with Crippen LogP contribution in [0.15, 0.2) is 18.2 Å². The maximum Gasteiger partial charge on any atom is 0.228 e. The fraction of sp³-hybridized carbons (Fsp3) is 0.462. The van der Waals surface area contributed by atoms with Gasteiger partial charge in [0.25, 0.3) is 0 Å². The van der Waals surface area contributed by atoms with Crippen LogP contribution in [0, 0.1) is 5.92 Å². The standard InChI is InChI=1S/C13H20N2O3/c1-8(9(2)14)13(16)15-11-7-10(17-3)5-6-12(11)18-4/h5-9H,14H2,1-4H3,(H,15,16). The Kier molecular flexibility index (Phi) is 4.97. The first kappa shape index (κ1) is 14.3. The summed E-state index contributed by atoms with van der Waals surface area (Å²) in [6.07, 6.45) is 0. The van der Waals surface area contributed by atoms with E-state index in [-0.39, 0.29) is 17.9 Å². The molecule has 2 unspecified atom stereocenters. The Morgan fingerprint density at radius 1 is 1.28 bits per heavy atom.